The quantitative estimate of drug-likeness (QED) is 0.621. The highest BCUT2D eigenvalue weighted by atomic mass is 19.1. The maximum absolute atomic E-state index is 13.2. The van der Waals surface area contributed by atoms with Crippen molar-refractivity contribution in [3.05, 3.63) is 71.7 Å². The number of nitrogens with one attached hydrogen (secondary N) is 2. The molecular weight excluding hydrogens is 387 g/mol. The minimum absolute atomic E-state index is 0.126. The van der Waals surface area contributed by atoms with Gasteiger partial charge in [0.05, 0.1) is 24.2 Å². The minimum Gasteiger partial charge on any atom is -0.459 e. The van der Waals surface area contributed by atoms with Crippen LogP contribution in [-0.2, 0) is 4.79 Å². The van der Waals surface area contributed by atoms with Crippen LogP contribution in [0.25, 0.3) is 5.69 Å². The summed E-state index contributed by atoms with van der Waals surface area (Å²) < 4.78 is 20.0. The summed E-state index contributed by atoms with van der Waals surface area (Å²) in [4.78, 5) is 25.2. The molecule has 2 amide bonds. The predicted molar refractivity (Wildman–Crippen MR) is 110 cm³/mol. The van der Waals surface area contributed by atoms with Gasteiger partial charge in [-0.05, 0) is 56.2 Å². The third kappa shape index (κ3) is 4.59. The molecule has 2 heterocycles. The first-order valence-electron chi connectivity index (χ1n) is 9.73. The van der Waals surface area contributed by atoms with Gasteiger partial charge in [0, 0.05) is 11.3 Å². The van der Waals surface area contributed by atoms with Crippen molar-refractivity contribution < 1.29 is 18.4 Å². The number of carbonyl (C=O) groups is 2. The summed E-state index contributed by atoms with van der Waals surface area (Å²) >= 11 is 0. The molecule has 7 nitrogen and oxygen atoms in total. The van der Waals surface area contributed by atoms with Gasteiger partial charge in [-0.2, -0.15) is 5.10 Å². The first-order chi connectivity index (χ1) is 14.3. The van der Waals surface area contributed by atoms with E-state index in [2.05, 4.69) is 15.7 Å². The fourth-order valence-corrected chi connectivity index (χ4v) is 3.23. The molecule has 2 aromatic heterocycles. The van der Waals surface area contributed by atoms with Gasteiger partial charge in [-0.25, -0.2) is 9.07 Å². The van der Waals surface area contributed by atoms with Crippen molar-refractivity contribution in [1.82, 2.24) is 20.4 Å². The highest BCUT2D eigenvalue weighted by molar-refractivity contribution is 5.95. The van der Waals surface area contributed by atoms with E-state index in [1.165, 1.54) is 18.4 Å². The Bertz CT molecular complexity index is 1010. The van der Waals surface area contributed by atoms with Crippen LogP contribution in [0.1, 0.15) is 48.6 Å². The van der Waals surface area contributed by atoms with Crippen LogP contribution >= 0.6 is 0 Å². The Labute approximate surface area is 174 Å². The maximum atomic E-state index is 13.2. The van der Waals surface area contributed by atoms with Gasteiger partial charge in [0.15, 0.2) is 5.76 Å². The maximum Gasteiger partial charge on any atom is 0.287 e. The molecule has 0 aliphatic heterocycles. The fraction of sp³-hybridized carbons (Fsp3) is 0.318. The number of hydrogen-bond donors (Lipinski definition) is 2. The number of furan rings is 1. The van der Waals surface area contributed by atoms with Crippen molar-refractivity contribution in [2.45, 2.75) is 39.8 Å². The van der Waals surface area contributed by atoms with Crippen LogP contribution in [0.4, 0.5) is 4.39 Å². The first kappa shape index (κ1) is 21.3. The number of aromatic nitrogens is 2. The number of nitrogens with zero attached hydrogens (tertiary/aromatic N) is 2. The third-order valence-electron chi connectivity index (χ3n) is 4.92. The molecule has 3 rings (SSSR count). The van der Waals surface area contributed by atoms with Gasteiger partial charge in [-0.3, -0.25) is 9.59 Å². The standard InChI is InChI=1S/C22H25FN4O3/c1-13(2)20(26-21(28)19-6-5-11-30-19)22(29)25-14(3)18-12-24-27(15(18)4)17-9-7-16(23)8-10-17/h5-14,20H,1-4H3,(H,25,29)(H,26,28). The second kappa shape index (κ2) is 8.94. The molecule has 0 saturated carbocycles. The van der Waals surface area contributed by atoms with Gasteiger partial charge in [-0.15, -0.1) is 0 Å². The normalized spacial score (nSPS) is 13.1. The van der Waals surface area contributed by atoms with Crippen molar-refractivity contribution in [2.24, 2.45) is 5.92 Å². The SMILES string of the molecule is Cc1c(C(C)NC(=O)C(NC(=O)c2ccco2)C(C)C)cnn1-c1ccc(F)cc1. The molecule has 0 saturated heterocycles. The van der Waals surface area contributed by atoms with Gasteiger partial charge in [0.25, 0.3) is 5.91 Å². The molecule has 0 aliphatic carbocycles. The van der Waals surface area contributed by atoms with E-state index in [1.54, 1.807) is 35.1 Å². The molecule has 8 heteroatoms. The van der Waals surface area contributed by atoms with Crippen molar-refractivity contribution in [1.29, 1.82) is 0 Å². The van der Waals surface area contributed by atoms with Gasteiger partial charge >= 0.3 is 0 Å². The van der Waals surface area contributed by atoms with E-state index in [9.17, 15) is 14.0 Å². The van der Waals surface area contributed by atoms with Crippen molar-refractivity contribution in [3.8, 4) is 5.69 Å². The number of halogens is 1. The lowest BCUT2D eigenvalue weighted by molar-refractivity contribution is -0.124. The van der Waals surface area contributed by atoms with Crippen LogP contribution in [0.3, 0.4) is 0 Å². The van der Waals surface area contributed by atoms with E-state index < -0.39 is 11.9 Å². The molecule has 0 radical (unpaired) electrons. The summed E-state index contributed by atoms with van der Waals surface area (Å²) in [7, 11) is 0. The number of amides is 2. The molecule has 2 N–H and O–H groups in total. The molecule has 0 aliphatic rings. The average Bonchev–Trinajstić information content (AvgIpc) is 3.36. The fourth-order valence-electron chi connectivity index (χ4n) is 3.23. The van der Waals surface area contributed by atoms with E-state index >= 15 is 0 Å². The predicted octanol–water partition coefficient (Wildman–Crippen LogP) is 3.54. The molecule has 2 unspecified atom stereocenters. The van der Waals surface area contributed by atoms with Crippen molar-refractivity contribution in [2.75, 3.05) is 0 Å². The minimum atomic E-state index is -0.725. The van der Waals surface area contributed by atoms with Crippen LogP contribution in [0, 0.1) is 18.7 Å². The van der Waals surface area contributed by atoms with Gasteiger partial charge in [-0.1, -0.05) is 13.8 Å². The molecule has 1 aromatic carbocycles. The van der Waals surface area contributed by atoms with E-state index in [0.29, 0.717) is 0 Å². The zero-order chi connectivity index (χ0) is 21.8. The molecule has 0 bridgehead atoms. The summed E-state index contributed by atoms with van der Waals surface area (Å²) in [5, 5.41) is 10.0. The number of carbonyl (C=O) groups excluding carboxylic acids is 2. The Kier molecular flexibility index (Phi) is 6.34. The van der Waals surface area contributed by atoms with Crippen molar-refractivity contribution >= 4 is 11.8 Å². The lowest BCUT2D eigenvalue weighted by Gasteiger charge is -2.23. The molecule has 158 valence electrons. The molecule has 2 atom stereocenters. The summed E-state index contributed by atoms with van der Waals surface area (Å²) in [5.41, 5.74) is 2.38. The van der Waals surface area contributed by atoms with E-state index in [4.69, 9.17) is 4.42 Å². The Morgan fingerprint density at radius 2 is 1.80 bits per heavy atom. The Morgan fingerprint density at radius 3 is 2.40 bits per heavy atom. The smallest absolute Gasteiger partial charge is 0.287 e. The highest BCUT2D eigenvalue weighted by Gasteiger charge is 2.27. The van der Waals surface area contributed by atoms with Gasteiger partial charge in [0.2, 0.25) is 5.91 Å². The second-order valence-electron chi connectivity index (χ2n) is 7.48. The average molecular weight is 412 g/mol. The molecule has 30 heavy (non-hydrogen) atoms. The largest absolute Gasteiger partial charge is 0.459 e. The summed E-state index contributed by atoms with van der Waals surface area (Å²) in [6.45, 7) is 7.44. The molecule has 0 fully saturated rings. The second-order valence-corrected chi connectivity index (χ2v) is 7.48. The van der Waals surface area contributed by atoms with Crippen LogP contribution in [0.2, 0.25) is 0 Å². The number of hydrogen-bond acceptors (Lipinski definition) is 4. The topological polar surface area (TPSA) is 89.2 Å². The van der Waals surface area contributed by atoms with E-state index in [-0.39, 0.29) is 29.4 Å². The van der Waals surface area contributed by atoms with Crippen molar-refractivity contribution in [3.63, 3.8) is 0 Å². The van der Waals surface area contributed by atoms with Crippen LogP contribution in [0.5, 0.6) is 0 Å². The molecular formula is C22H25FN4O3. The Hall–Kier alpha value is -3.42. The third-order valence-corrected chi connectivity index (χ3v) is 4.92. The Morgan fingerprint density at radius 1 is 1.10 bits per heavy atom. The van der Waals surface area contributed by atoms with Crippen LogP contribution < -0.4 is 10.6 Å². The monoisotopic (exact) mass is 412 g/mol. The number of benzene rings is 1. The van der Waals surface area contributed by atoms with Crippen LogP contribution in [-0.4, -0.2) is 27.6 Å². The van der Waals surface area contributed by atoms with Gasteiger partial charge < -0.3 is 15.1 Å². The lowest BCUT2D eigenvalue weighted by atomic mass is 10.0. The zero-order valence-corrected chi connectivity index (χ0v) is 17.3. The first-order valence-corrected chi connectivity index (χ1v) is 9.73. The number of rotatable bonds is 7. The Balaban J connectivity index is 1.72. The lowest BCUT2D eigenvalue weighted by Crippen LogP contribution is -2.50. The van der Waals surface area contributed by atoms with E-state index in [1.807, 2.05) is 27.7 Å². The van der Waals surface area contributed by atoms with Crippen LogP contribution in [0.15, 0.2) is 53.3 Å². The summed E-state index contributed by atoms with van der Waals surface area (Å²) in [6, 6.07) is 8.12. The summed E-state index contributed by atoms with van der Waals surface area (Å²) in [6.07, 6.45) is 3.08. The molecule has 3 aromatic rings. The van der Waals surface area contributed by atoms with Gasteiger partial charge in [0.1, 0.15) is 11.9 Å². The van der Waals surface area contributed by atoms with E-state index in [0.717, 1.165) is 16.9 Å². The molecule has 0 spiro atoms. The highest BCUT2D eigenvalue weighted by Crippen LogP contribution is 2.21. The summed E-state index contributed by atoms with van der Waals surface area (Å²) in [5.74, 6) is -1.04. The zero-order valence-electron chi connectivity index (χ0n) is 17.3.